The number of phenolic OH excluding ortho intramolecular Hbond substituents is 1. The van der Waals surface area contributed by atoms with Crippen LogP contribution in [0.2, 0.25) is 0 Å². The van der Waals surface area contributed by atoms with Gasteiger partial charge >= 0.3 is 0 Å². The molecule has 5 atom stereocenters. The molecular formula is C25H29NO4. The Kier molecular flexibility index (Phi) is 4.72. The van der Waals surface area contributed by atoms with Gasteiger partial charge in [-0.1, -0.05) is 13.0 Å². The Morgan fingerprint density at radius 1 is 1.30 bits per heavy atom. The smallest absolute Gasteiger partial charge is 0.221 e. The van der Waals surface area contributed by atoms with Gasteiger partial charge < -0.3 is 14.8 Å². The minimum Gasteiger partial charge on any atom is -0.508 e. The van der Waals surface area contributed by atoms with E-state index >= 15 is 0 Å². The van der Waals surface area contributed by atoms with Crippen molar-refractivity contribution in [1.29, 1.82) is 0 Å². The molecule has 0 spiro atoms. The molecule has 5 nitrogen and oxygen atoms in total. The summed E-state index contributed by atoms with van der Waals surface area (Å²) in [5.41, 5.74) is 2.32. The van der Waals surface area contributed by atoms with Gasteiger partial charge in [0.25, 0.3) is 0 Å². The largest absolute Gasteiger partial charge is 0.508 e. The second-order valence-electron chi connectivity index (χ2n) is 9.61. The van der Waals surface area contributed by atoms with Crippen molar-refractivity contribution in [3.05, 3.63) is 53.5 Å². The van der Waals surface area contributed by atoms with Crippen LogP contribution in [0.25, 0.3) is 0 Å². The van der Waals surface area contributed by atoms with Crippen LogP contribution >= 0.6 is 0 Å². The van der Waals surface area contributed by atoms with Crippen molar-refractivity contribution in [3.63, 3.8) is 0 Å². The van der Waals surface area contributed by atoms with Crippen molar-refractivity contribution < 1.29 is 19.1 Å². The predicted molar refractivity (Wildman–Crippen MR) is 112 cm³/mol. The maximum Gasteiger partial charge on any atom is 0.221 e. The minimum atomic E-state index is -0.304. The average Bonchev–Trinajstić information content (AvgIpc) is 3.34. The molecule has 3 aliphatic carbocycles. The Bertz CT molecular complexity index is 966. The van der Waals surface area contributed by atoms with Crippen LogP contribution in [0.3, 0.4) is 0 Å². The van der Waals surface area contributed by atoms with Gasteiger partial charge in [-0.05, 0) is 85.3 Å². The van der Waals surface area contributed by atoms with Crippen LogP contribution in [0.5, 0.6) is 5.75 Å². The van der Waals surface area contributed by atoms with E-state index in [0.717, 1.165) is 37.9 Å². The summed E-state index contributed by atoms with van der Waals surface area (Å²) < 4.78 is 5.27. The van der Waals surface area contributed by atoms with Gasteiger partial charge in [-0.3, -0.25) is 9.59 Å². The lowest BCUT2D eigenvalue weighted by atomic mass is 9.55. The normalized spacial score (nSPS) is 32.2. The molecule has 0 unspecified atom stereocenters. The predicted octanol–water partition coefficient (Wildman–Crippen LogP) is 4.34. The number of aromatic hydroxyl groups is 1. The number of amides is 1. The number of rotatable bonds is 4. The van der Waals surface area contributed by atoms with E-state index in [0.29, 0.717) is 30.0 Å². The third-order valence-corrected chi connectivity index (χ3v) is 8.04. The molecule has 1 aromatic carbocycles. The van der Waals surface area contributed by atoms with Gasteiger partial charge in [-0.25, -0.2) is 0 Å². The standard InChI is InChI=1S/C25H29NO4/c1-25-9-8-20-19-7-5-17(27)11-15(19)4-6-21(20)22(25)12-16(24(25)29)13-23(28)26-14-18-3-2-10-30-18/h2-3,5,7,10-11,16,20-22,27H,4,6,8-9,12-14H2,1H3,(H,26,28)/t16-,20-,21-,22+,25+/m1/s1. The molecule has 5 rings (SSSR count). The molecule has 2 aromatic rings. The minimum absolute atomic E-state index is 0.0759. The Labute approximate surface area is 176 Å². The van der Waals surface area contributed by atoms with Crippen LogP contribution in [-0.2, 0) is 22.6 Å². The lowest BCUT2D eigenvalue weighted by Crippen LogP contribution is -2.42. The number of carbonyl (C=O) groups excluding carboxylic acids is 2. The third kappa shape index (κ3) is 3.15. The van der Waals surface area contributed by atoms with Crippen molar-refractivity contribution in [2.24, 2.45) is 23.2 Å². The topological polar surface area (TPSA) is 79.5 Å². The van der Waals surface area contributed by atoms with Gasteiger partial charge in [-0.2, -0.15) is 0 Å². The van der Waals surface area contributed by atoms with Crippen LogP contribution in [0.15, 0.2) is 41.0 Å². The van der Waals surface area contributed by atoms with E-state index in [-0.39, 0.29) is 29.4 Å². The number of Topliss-reactive ketones (excluding diaryl/α,β-unsaturated/α-hetero) is 1. The Morgan fingerprint density at radius 3 is 2.97 bits per heavy atom. The summed E-state index contributed by atoms with van der Waals surface area (Å²) in [4.78, 5) is 25.9. The van der Waals surface area contributed by atoms with E-state index in [9.17, 15) is 14.7 Å². The second kappa shape index (κ2) is 7.29. The number of phenols is 1. The van der Waals surface area contributed by atoms with Crippen molar-refractivity contribution in [2.75, 3.05) is 0 Å². The first kappa shape index (κ1) is 19.4. The first-order valence-corrected chi connectivity index (χ1v) is 11.1. The van der Waals surface area contributed by atoms with Crippen LogP contribution in [-0.4, -0.2) is 16.8 Å². The summed E-state index contributed by atoms with van der Waals surface area (Å²) in [6, 6.07) is 9.41. The summed E-state index contributed by atoms with van der Waals surface area (Å²) in [5, 5.41) is 12.7. The van der Waals surface area contributed by atoms with Crippen LogP contribution < -0.4 is 5.32 Å². The third-order valence-electron chi connectivity index (χ3n) is 8.04. The Hall–Kier alpha value is -2.56. The lowest BCUT2D eigenvalue weighted by molar-refractivity contribution is -0.134. The fourth-order valence-corrected chi connectivity index (χ4v) is 6.58. The summed E-state index contributed by atoms with van der Waals surface area (Å²) in [6.45, 7) is 2.51. The highest BCUT2D eigenvalue weighted by Crippen LogP contribution is 2.61. The molecule has 0 saturated heterocycles. The maximum atomic E-state index is 13.4. The second-order valence-corrected chi connectivity index (χ2v) is 9.61. The molecule has 3 aliphatic rings. The molecule has 30 heavy (non-hydrogen) atoms. The number of hydrogen-bond donors (Lipinski definition) is 2. The first-order chi connectivity index (χ1) is 14.5. The number of ketones is 1. The monoisotopic (exact) mass is 407 g/mol. The van der Waals surface area contributed by atoms with E-state index in [4.69, 9.17) is 4.42 Å². The van der Waals surface area contributed by atoms with E-state index in [1.54, 1.807) is 18.4 Å². The summed E-state index contributed by atoms with van der Waals surface area (Å²) in [5.74, 6) is 2.38. The quantitative estimate of drug-likeness (QED) is 0.790. The number of fused-ring (bicyclic) bond motifs is 5. The summed E-state index contributed by atoms with van der Waals surface area (Å²) in [7, 11) is 0. The van der Waals surface area contributed by atoms with Gasteiger partial charge in [0.15, 0.2) is 0 Å². The SMILES string of the molecule is C[C@]12CC[C@@H]3c4ccc(O)cc4CC[C@H]3[C@@H]1C[C@H](CC(=O)NCc1ccco1)C2=O. The molecular weight excluding hydrogens is 378 g/mol. The van der Waals surface area contributed by atoms with Crippen LogP contribution in [0.1, 0.15) is 61.8 Å². The highest BCUT2D eigenvalue weighted by molar-refractivity contribution is 5.93. The van der Waals surface area contributed by atoms with E-state index < -0.39 is 0 Å². The molecule has 1 aromatic heterocycles. The zero-order valence-corrected chi connectivity index (χ0v) is 17.4. The highest BCUT2D eigenvalue weighted by atomic mass is 16.3. The molecule has 0 aliphatic heterocycles. The van der Waals surface area contributed by atoms with E-state index in [2.05, 4.69) is 18.3 Å². The zero-order valence-electron chi connectivity index (χ0n) is 17.4. The van der Waals surface area contributed by atoms with Gasteiger partial charge in [-0.15, -0.1) is 0 Å². The van der Waals surface area contributed by atoms with Crippen molar-refractivity contribution >= 4 is 11.7 Å². The van der Waals surface area contributed by atoms with Gasteiger partial charge in [0, 0.05) is 17.8 Å². The highest BCUT2D eigenvalue weighted by Gasteiger charge is 2.58. The van der Waals surface area contributed by atoms with Gasteiger partial charge in [0.2, 0.25) is 5.91 Å². The number of hydrogen-bond acceptors (Lipinski definition) is 4. The summed E-state index contributed by atoms with van der Waals surface area (Å²) >= 11 is 0. The number of benzene rings is 1. The number of carbonyl (C=O) groups is 2. The van der Waals surface area contributed by atoms with Gasteiger partial charge in [0.05, 0.1) is 12.8 Å². The fourth-order valence-electron chi connectivity index (χ4n) is 6.58. The molecule has 2 fully saturated rings. The molecule has 2 saturated carbocycles. The number of nitrogens with one attached hydrogen (secondary N) is 1. The molecule has 1 heterocycles. The van der Waals surface area contributed by atoms with Crippen LogP contribution in [0, 0.1) is 23.2 Å². The zero-order chi connectivity index (χ0) is 20.9. The molecule has 2 N–H and O–H groups in total. The molecule has 5 heteroatoms. The molecule has 0 radical (unpaired) electrons. The Morgan fingerprint density at radius 2 is 2.17 bits per heavy atom. The lowest BCUT2D eigenvalue weighted by Gasteiger charge is -2.48. The van der Waals surface area contributed by atoms with Crippen LogP contribution in [0.4, 0.5) is 0 Å². The number of furan rings is 1. The van der Waals surface area contributed by atoms with E-state index in [1.165, 1.54) is 11.1 Å². The molecule has 0 bridgehead atoms. The molecule has 158 valence electrons. The van der Waals surface area contributed by atoms with Crippen molar-refractivity contribution in [3.8, 4) is 5.75 Å². The van der Waals surface area contributed by atoms with Crippen molar-refractivity contribution in [2.45, 2.75) is 57.9 Å². The Balaban J connectivity index is 1.30. The first-order valence-electron chi connectivity index (χ1n) is 11.1. The van der Waals surface area contributed by atoms with Gasteiger partial charge in [0.1, 0.15) is 17.3 Å². The van der Waals surface area contributed by atoms with Crippen molar-refractivity contribution in [1.82, 2.24) is 5.32 Å². The van der Waals surface area contributed by atoms with E-state index in [1.807, 2.05) is 12.1 Å². The summed E-state index contributed by atoms with van der Waals surface area (Å²) in [6.07, 6.45) is 6.60. The fraction of sp³-hybridized carbons (Fsp3) is 0.520. The maximum absolute atomic E-state index is 13.4. The number of aryl methyl sites for hydroxylation is 1. The average molecular weight is 408 g/mol. The molecule has 1 amide bonds.